The number of nitrogens with zero attached hydrogens (tertiary/aromatic N) is 1. The van der Waals surface area contributed by atoms with Gasteiger partial charge in [-0.3, -0.25) is 0 Å². The SMILES string of the molecule is CO/C=N/c1cc(C)c(C(=O)OCc2ccccc2C)cc1C. The molecule has 0 unspecified atom stereocenters. The van der Waals surface area contributed by atoms with Crippen molar-refractivity contribution in [2.75, 3.05) is 7.11 Å². The number of carbonyl (C=O) groups excluding carboxylic acids is 1. The Morgan fingerprint density at radius 1 is 1.09 bits per heavy atom. The molecule has 0 aliphatic carbocycles. The van der Waals surface area contributed by atoms with Crippen molar-refractivity contribution >= 4 is 18.1 Å². The third-order valence-electron chi connectivity index (χ3n) is 3.68. The van der Waals surface area contributed by atoms with Crippen molar-refractivity contribution in [3.8, 4) is 0 Å². The molecule has 4 heteroatoms. The van der Waals surface area contributed by atoms with Crippen LogP contribution in [0.25, 0.3) is 0 Å². The van der Waals surface area contributed by atoms with Gasteiger partial charge >= 0.3 is 5.97 Å². The summed E-state index contributed by atoms with van der Waals surface area (Å²) in [7, 11) is 1.54. The van der Waals surface area contributed by atoms with Crippen LogP contribution < -0.4 is 0 Å². The molecule has 2 aromatic carbocycles. The molecule has 0 atom stereocenters. The van der Waals surface area contributed by atoms with Gasteiger partial charge in [0, 0.05) is 0 Å². The van der Waals surface area contributed by atoms with Crippen molar-refractivity contribution in [3.63, 3.8) is 0 Å². The molecule has 0 radical (unpaired) electrons. The number of carbonyl (C=O) groups is 1. The van der Waals surface area contributed by atoms with Crippen LogP contribution in [-0.2, 0) is 16.1 Å². The molecule has 0 amide bonds. The first-order valence-electron chi connectivity index (χ1n) is 7.41. The summed E-state index contributed by atoms with van der Waals surface area (Å²) in [6.45, 7) is 6.05. The van der Waals surface area contributed by atoms with E-state index < -0.39 is 0 Å². The number of aryl methyl sites for hydroxylation is 3. The average molecular weight is 311 g/mol. The predicted octanol–water partition coefficient (Wildman–Crippen LogP) is 4.28. The second-order valence-electron chi connectivity index (χ2n) is 5.43. The standard InChI is InChI=1S/C19H21NO3/c1-13-7-5-6-8-16(13)11-23-19(21)17-9-15(3)18(10-14(17)2)20-12-22-4/h5-10,12H,11H2,1-4H3/b20-12+. The Hall–Kier alpha value is -2.62. The molecule has 0 bridgehead atoms. The van der Waals surface area contributed by atoms with E-state index in [0.717, 1.165) is 27.9 Å². The fraction of sp³-hybridized carbons (Fsp3) is 0.263. The number of rotatable bonds is 5. The van der Waals surface area contributed by atoms with Gasteiger partial charge in [0.05, 0.1) is 18.4 Å². The van der Waals surface area contributed by atoms with Crippen LogP contribution in [0.5, 0.6) is 0 Å². The van der Waals surface area contributed by atoms with E-state index in [1.807, 2.05) is 51.1 Å². The van der Waals surface area contributed by atoms with Crippen LogP contribution in [0.1, 0.15) is 32.6 Å². The van der Waals surface area contributed by atoms with Crippen molar-refractivity contribution < 1.29 is 14.3 Å². The second kappa shape index (κ2) is 7.58. The Kier molecular flexibility index (Phi) is 5.52. The minimum Gasteiger partial charge on any atom is -0.486 e. The minimum atomic E-state index is -0.323. The highest BCUT2D eigenvalue weighted by Gasteiger charge is 2.13. The quantitative estimate of drug-likeness (QED) is 0.470. The van der Waals surface area contributed by atoms with Gasteiger partial charge in [0.1, 0.15) is 6.61 Å². The van der Waals surface area contributed by atoms with Gasteiger partial charge in [-0.15, -0.1) is 0 Å². The second-order valence-corrected chi connectivity index (χ2v) is 5.43. The minimum absolute atomic E-state index is 0.271. The molecule has 0 N–H and O–H groups in total. The van der Waals surface area contributed by atoms with Gasteiger partial charge < -0.3 is 9.47 Å². The van der Waals surface area contributed by atoms with Gasteiger partial charge in [0.15, 0.2) is 6.40 Å². The van der Waals surface area contributed by atoms with Crippen LogP contribution in [0.2, 0.25) is 0 Å². The zero-order chi connectivity index (χ0) is 16.8. The molecule has 0 spiro atoms. The lowest BCUT2D eigenvalue weighted by Crippen LogP contribution is -2.08. The van der Waals surface area contributed by atoms with E-state index in [0.29, 0.717) is 5.56 Å². The molecule has 0 fully saturated rings. The van der Waals surface area contributed by atoms with Gasteiger partial charge in [0.25, 0.3) is 0 Å². The molecule has 0 aliphatic heterocycles. The number of methoxy groups -OCH3 is 1. The third-order valence-corrected chi connectivity index (χ3v) is 3.68. The van der Waals surface area contributed by atoms with Gasteiger partial charge in [-0.2, -0.15) is 0 Å². The van der Waals surface area contributed by atoms with E-state index in [1.165, 1.54) is 6.40 Å². The number of hydrogen-bond acceptors (Lipinski definition) is 4. The van der Waals surface area contributed by atoms with Crippen molar-refractivity contribution in [3.05, 3.63) is 64.2 Å². The molecule has 0 aromatic heterocycles. The Balaban J connectivity index is 2.15. The third kappa shape index (κ3) is 4.19. The highest BCUT2D eigenvalue weighted by Crippen LogP contribution is 2.24. The van der Waals surface area contributed by atoms with E-state index >= 15 is 0 Å². The molecule has 2 rings (SSSR count). The van der Waals surface area contributed by atoms with Crippen LogP contribution >= 0.6 is 0 Å². The lowest BCUT2D eigenvalue weighted by atomic mass is 10.0. The Morgan fingerprint density at radius 3 is 2.52 bits per heavy atom. The van der Waals surface area contributed by atoms with Crippen LogP contribution in [-0.4, -0.2) is 19.5 Å². The summed E-state index contributed by atoms with van der Waals surface area (Å²) < 4.78 is 10.3. The lowest BCUT2D eigenvalue weighted by Gasteiger charge is -2.11. The average Bonchev–Trinajstić information content (AvgIpc) is 2.54. The number of benzene rings is 2. The maximum Gasteiger partial charge on any atom is 0.338 e. The van der Waals surface area contributed by atoms with Crippen molar-refractivity contribution in [1.29, 1.82) is 0 Å². The van der Waals surface area contributed by atoms with Gasteiger partial charge in [-0.25, -0.2) is 9.79 Å². The fourth-order valence-electron chi connectivity index (χ4n) is 2.26. The van der Waals surface area contributed by atoms with Crippen LogP contribution in [0.15, 0.2) is 41.4 Å². The topological polar surface area (TPSA) is 47.9 Å². The van der Waals surface area contributed by atoms with Crippen LogP contribution in [0.3, 0.4) is 0 Å². The van der Waals surface area contributed by atoms with Crippen molar-refractivity contribution in [2.24, 2.45) is 4.99 Å². The summed E-state index contributed by atoms with van der Waals surface area (Å²) >= 11 is 0. The maximum absolute atomic E-state index is 12.3. The van der Waals surface area contributed by atoms with Crippen molar-refractivity contribution in [1.82, 2.24) is 0 Å². The van der Waals surface area contributed by atoms with Crippen molar-refractivity contribution in [2.45, 2.75) is 27.4 Å². The van der Waals surface area contributed by atoms with E-state index in [-0.39, 0.29) is 12.6 Å². The summed E-state index contributed by atoms with van der Waals surface area (Å²) in [5.74, 6) is -0.323. The Morgan fingerprint density at radius 2 is 1.83 bits per heavy atom. The molecule has 23 heavy (non-hydrogen) atoms. The van der Waals surface area contributed by atoms with E-state index in [2.05, 4.69) is 4.99 Å². The number of hydrogen-bond donors (Lipinski definition) is 0. The monoisotopic (exact) mass is 311 g/mol. The lowest BCUT2D eigenvalue weighted by molar-refractivity contribution is 0.0471. The molecular formula is C19H21NO3. The molecule has 0 saturated carbocycles. The smallest absolute Gasteiger partial charge is 0.338 e. The number of aliphatic imine (C=N–C) groups is 1. The highest BCUT2D eigenvalue weighted by molar-refractivity contribution is 5.92. The predicted molar refractivity (Wildman–Crippen MR) is 91.4 cm³/mol. The first-order chi connectivity index (χ1) is 11.0. The normalized spacial score (nSPS) is 10.8. The van der Waals surface area contributed by atoms with Crippen LogP contribution in [0, 0.1) is 20.8 Å². The zero-order valence-corrected chi connectivity index (χ0v) is 13.9. The summed E-state index contributed by atoms with van der Waals surface area (Å²) in [6, 6.07) is 11.5. The van der Waals surface area contributed by atoms with Gasteiger partial charge in [0.2, 0.25) is 0 Å². The zero-order valence-electron chi connectivity index (χ0n) is 13.9. The number of esters is 1. The summed E-state index contributed by atoms with van der Waals surface area (Å²) in [4.78, 5) is 16.5. The molecule has 0 heterocycles. The molecular weight excluding hydrogens is 290 g/mol. The summed E-state index contributed by atoms with van der Waals surface area (Å²) in [6.07, 6.45) is 1.37. The molecule has 4 nitrogen and oxygen atoms in total. The Bertz CT molecular complexity index is 735. The van der Waals surface area contributed by atoms with Gasteiger partial charge in [-0.1, -0.05) is 24.3 Å². The first-order valence-corrected chi connectivity index (χ1v) is 7.41. The number of ether oxygens (including phenoxy) is 2. The van der Waals surface area contributed by atoms with Gasteiger partial charge in [-0.05, 0) is 55.2 Å². The van der Waals surface area contributed by atoms with Crippen LogP contribution in [0.4, 0.5) is 5.69 Å². The molecule has 0 aliphatic rings. The maximum atomic E-state index is 12.3. The molecule has 120 valence electrons. The van der Waals surface area contributed by atoms with E-state index in [4.69, 9.17) is 9.47 Å². The van der Waals surface area contributed by atoms with E-state index in [9.17, 15) is 4.79 Å². The van der Waals surface area contributed by atoms with E-state index in [1.54, 1.807) is 13.2 Å². The molecule has 2 aromatic rings. The Labute approximate surface area is 136 Å². The fourth-order valence-corrected chi connectivity index (χ4v) is 2.26. The summed E-state index contributed by atoms with van der Waals surface area (Å²) in [5.41, 5.74) is 5.18. The largest absolute Gasteiger partial charge is 0.486 e. The molecule has 0 saturated heterocycles. The highest BCUT2D eigenvalue weighted by atomic mass is 16.5. The summed E-state index contributed by atoms with van der Waals surface area (Å²) in [5, 5.41) is 0. The first kappa shape index (κ1) is 16.7.